The van der Waals surface area contributed by atoms with Gasteiger partial charge in [0.25, 0.3) is 0 Å². The predicted octanol–water partition coefficient (Wildman–Crippen LogP) is 3.11. The summed E-state index contributed by atoms with van der Waals surface area (Å²) in [7, 11) is 1.32. The minimum absolute atomic E-state index is 0.0992. The van der Waals surface area contributed by atoms with Crippen molar-refractivity contribution in [2.45, 2.75) is 26.8 Å². The van der Waals surface area contributed by atoms with Crippen molar-refractivity contribution in [3.05, 3.63) is 39.5 Å². The second kappa shape index (κ2) is 6.00. The van der Waals surface area contributed by atoms with Crippen LogP contribution in [-0.2, 0) is 4.74 Å². The summed E-state index contributed by atoms with van der Waals surface area (Å²) < 4.78 is 4.64. The van der Waals surface area contributed by atoms with E-state index in [4.69, 9.17) is 0 Å². The molecule has 106 valence electrons. The van der Waals surface area contributed by atoms with Crippen LogP contribution in [0.1, 0.15) is 38.8 Å². The second-order valence-electron chi connectivity index (χ2n) is 4.52. The third kappa shape index (κ3) is 3.14. The number of nitrogens with zero attached hydrogens (tertiary/aromatic N) is 2. The van der Waals surface area contributed by atoms with Gasteiger partial charge in [0, 0.05) is 9.75 Å². The molecule has 0 aliphatic carbocycles. The number of thiophene rings is 1. The highest BCUT2D eigenvalue weighted by atomic mass is 32.1. The van der Waals surface area contributed by atoms with Gasteiger partial charge in [-0.2, -0.15) is 0 Å². The van der Waals surface area contributed by atoms with Gasteiger partial charge in [0.2, 0.25) is 0 Å². The van der Waals surface area contributed by atoms with E-state index in [0.717, 1.165) is 0 Å². The molecule has 0 bridgehead atoms. The molecule has 0 aromatic carbocycles. The van der Waals surface area contributed by atoms with E-state index in [1.54, 1.807) is 17.5 Å². The lowest BCUT2D eigenvalue weighted by Crippen LogP contribution is -2.11. The van der Waals surface area contributed by atoms with Crippen molar-refractivity contribution >= 4 is 23.1 Å². The SMILES string of the molecule is COC(=O)c1cncc(NC(C)c2cc(C)sc2C)n1. The third-order valence-electron chi connectivity index (χ3n) is 2.94. The van der Waals surface area contributed by atoms with Crippen LogP contribution in [0.15, 0.2) is 18.5 Å². The van der Waals surface area contributed by atoms with E-state index in [1.165, 1.54) is 28.6 Å². The van der Waals surface area contributed by atoms with Gasteiger partial charge >= 0.3 is 5.97 Å². The highest BCUT2D eigenvalue weighted by Gasteiger charge is 2.13. The average molecular weight is 291 g/mol. The number of hydrogen-bond donors (Lipinski definition) is 1. The molecule has 0 aliphatic heterocycles. The number of carbonyl (C=O) groups is 1. The Morgan fingerprint density at radius 1 is 1.40 bits per heavy atom. The summed E-state index contributed by atoms with van der Waals surface area (Å²) >= 11 is 1.77. The number of methoxy groups -OCH3 is 1. The highest BCUT2D eigenvalue weighted by Crippen LogP contribution is 2.28. The van der Waals surface area contributed by atoms with E-state index >= 15 is 0 Å². The zero-order chi connectivity index (χ0) is 14.7. The first-order valence-electron chi connectivity index (χ1n) is 6.25. The fourth-order valence-electron chi connectivity index (χ4n) is 2.02. The van der Waals surface area contributed by atoms with Crippen LogP contribution in [0.2, 0.25) is 0 Å². The molecule has 0 saturated heterocycles. The molecule has 1 unspecified atom stereocenters. The van der Waals surface area contributed by atoms with Crippen molar-refractivity contribution in [2.24, 2.45) is 0 Å². The number of aromatic nitrogens is 2. The van der Waals surface area contributed by atoms with Crippen LogP contribution in [-0.4, -0.2) is 23.0 Å². The standard InChI is InChI=1S/C14H17N3O2S/c1-8-5-11(10(3)20-8)9(2)16-13-7-15-6-12(17-13)14(18)19-4/h5-7,9H,1-4H3,(H,16,17). The smallest absolute Gasteiger partial charge is 0.358 e. The molecule has 0 fully saturated rings. The van der Waals surface area contributed by atoms with Crippen LogP contribution >= 0.6 is 11.3 Å². The topological polar surface area (TPSA) is 64.1 Å². The van der Waals surface area contributed by atoms with E-state index in [1.807, 2.05) is 0 Å². The first-order chi connectivity index (χ1) is 9.51. The van der Waals surface area contributed by atoms with Gasteiger partial charge < -0.3 is 10.1 Å². The van der Waals surface area contributed by atoms with E-state index in [9.17, 15) is 4.79 Å². The molecular formula is C14H17N3O2S. The fraction of sp³-hybridized carbons (Fsp3) is 0.357. The highest BCUT2D eigenvalue weighted by molar-refractivity contribution is 7.12. The van der Waals surface area contributed by atoms with Gasteiger partial charge in [-0.15, -0.1) is 11.3 Å². The third-order valence-corrected chi connectivity index (χ3v) is 3.92. The molecule has 5 nitrogen and oxygen atoms in total. The Labute approximate surface area is 122 Å². The lowest BCUT2D eigenvalue weighted by atomic mass is 10.1. The largest absolute Gasteiger partial charge is 0.464 e. The molecule has 2 heterocycles. The number of esters is 1. The molecule has 0 radical (unpaired) electrons. The van der Waals surface area contributed by atoms with Crippen LogP contribution in [0.5, 0.6) is 0 Å². The molecule has 2 aromatic rings. The lowest BCUT2D eigenvalue weighted by molar-refractivity contribution is 0.0593. The fourth-order valence-corrected chi connectivity index (χ4v) is 3.04. The normalized spacial score (nSPS) is 12.0. The van der Waals surface area contributed by atoms with Gasteiger partial charge in [-0.3, -0.25) is 4.98 Å². The molecular weight excluding hydrogens is 274 g/mol. The lowest BCUT2D eigenvalue weighted by Gasteiger charge is -2.14. The first-order valence-corrected chi connectivity index (χ1v) is 7.06. The van der Waals surface area contributed by atoms with Gasteiger partial charge in [-0.25, -0.2) is 9.78 Å². The molecule has 1 atom stereocenters. The molecule has 0 aliphatic rings. The maximum absolute atomic E-state index is 11.4. The molecule has 6 heteroatoms. The average Bonchev–Trinajstić information content (AvgIpc) is 2.77. The Hall–Kier alpha value is -1.95. The van der Waals surface area contributed by atoms with E-state index in [-0.39, 0.29) is 11.7 Å². The van der Waals surface area contributed by atoms with Crippen LogP contribution < -0.4 is 5.32 Å². The summed E-state index contributed by atoms with van der Waals surface area (Å²) in [6.07, 6.45) is 2.99. The van der Waals surface area contributed by atoms with Gasteiger partial charge in [0.1, 0.15) is 5.82 Å². The van der Waals surface area contributed by atoms with Crippen LogP contribution in [0.3, 0.4) is 0 Å². The first kappa shape index (κ1) is 14.5. The summed E-state index contributed by atoms with van der Waals surface area (Å²) in [5, 5.41) is 3.26. The van der Waals surface area contributed by atoms with Crippen molar-refractivity contribution in [3.8, 4) is 0 Å². The van der Waals surface area contributed by atoms with Crippen molar-refractivity contribution in [1.29, 1.82) is 0 Å². The van der Waals surface area contributed by atoms with Crippen LogP contribution in [0.4, 0.5) is 5.82 Å². The number of carbonyl (C=O) groups excluding carboxylic acids is 1. The number of aryl methyl sites for hydroxylation is 2. The Kier molecular flexibility index (Phi) is 4.34. The predicted molar refractivity (Wildman–Crippen MR) is 79.2 cm³/mol. The van der Waals surface area contributed by atoms with Crippen LogP contribution in [0, 0.1) is 13.8 Å². The van der Waals surface area contributed by atoms with Gasteiger partial charge in [-0.1, -0.05) is 0 Å². The molecule has 20 heavy (non-hydrogen) atoms. The summed E-state index contributed by atoms with van der Waals surface area (Å²) in [6, 6.07) is 2.26. The number of nitrogens with one attached hydrogen (secondary N) is 1. The maximum Gasteiger partial charge on any atom is 0.358 e. The summed E-state index contributed by atoms with van der Waals surface area (Å²) in [5.41, 5.74) is 1.43. The maximum atomic E-state index is 11.4. The van der Waals surface area contributed by atoms with Gasteiger partial charge in [-0.05, 0) is 32.4 Å². The van der Waals surface area contributed by atoms with Gasteiger partial charge in [0.15, 0.2) is 5.69 Å². The molecule has 0 saturated carbocycles. The van der Waals surface area contributed by atoms with Crippen molar-refractivity contribution < 1.29 is 9.53 Å². The summed E-state index contributed by atoms with van der Waals surface area (Å²) in [4.78, 5) is 22.2. The van der Waals surface area contributed by atoms with Crippen LogP contribution in [0.25, 0.3) is 0 Å². The molecule has 2 rings (SSSR count). The summed E-state index contributed by atoms with van der Waals surface area (Å²) in [6.45, 7) is 6.24. The van der Waals surface area contributed by atoms with E-state index in [0.29, 0.717) is 5.82 Å². The zero-order valence-corrected chi connectivity index (χ0v) is 12.7. The molecule has 0 amide bonds. The Morgan fingerprint density at radius 2 is 2.15 bits per heavy atom. The Balaban J connectivity index is 2.17. The monoisotopic (exact) mass is 291 g/mol. The number of ether oxygens (including phenoxy) is 1. The zero-order valence-electron chi connectivity index (χ0n) is 11.9. The van der Waals surface area contributed by atoms with Crippen molar-refractivity contribution in [1.82, 2.24) is 9.97 Å². The minimum atomic E-state index is -0.489. The Morgan fingerprint density at radius 3 is 2.75 bits per heavy atom. The van der Waals surface area contributed by atoms with Gasteiger partial charge in [0.05, 0.1) is 25.5 Å². The molecule has 2 aromatic heterocycles. The summed E-state index contributed by atoms with van der Waals surface area (Å²) in [5.74, 6) is 0.0695. The van der Waals surface area contributed by atoms with Crippen molar-refractivity contribution in [3.63, 3.8) is 0 Å². The number of anilines is 1. The molecule has 0 spiro atoms. The molecule has 1 N–H and O–H groups in total. The van der Waals surface area contributed by atoms with Crippen molar-refractivity contribution in [2.75, 3.05) is 12.4 Å². The Bertz CT molecular complexity index is 625. The van der Waals surface area contributed by atoms with E-state index in [2.05, 4.69) is 46.9 Å². The minimum Gasteiger partial charge on any atom is -0.464 e. The van der Waals surface area contributed by atoms with E-state index < -0.39 is 5.97 Å². The second-order valence-corrected chi connectivity index (χ2v) is 5.98. The quantitative estimate of drug-likeness (QED) is 0.877. The number of hydrogen-bond acceptors (Lipinski definition) is 6. The number of rotatable bonds is 4.